The fourth-order valence-corrected chi connectivity index (χ4v) is 3.57. The Labute approximate surface area is 172 Å². The Balaban J connectivity index is 1.50. The van der Waals surface area contributed by atoms with Crippen molar-refractivity contribution in [1.82, 2.24) is 0 Å². The van der Waals surface area contributed by atoms with Gasteiger partial charge in [0.15, 0.2) is 12.6 Å². The van der Waals surface area contributed by atoms with E-state index in [0.717, 1.165) is 27.5 Å². The number of fused-ring (bicyclic) bond motifs is 1. The van der Waals surface area contributed by atoms with Crippen LogP contribution < -0.4 is 9.64 Å². The van der Waals surface area contributed by atoms with Crippen molar-refractivity contribution in [2.45, 2.75) is 19.7 Å². The molecule has 0 amide bonds. The monoisotopic (exact) mass is 415 g/mol. The van der Waals surface area contributed by atoms with Crippen LogP contribution >= 0.6 is 11.6 Å². The SMILES string of the molecule is C[NH+](Cc1ccc(-c2ccc(Cl)cc2)o1)Cc1cc([N+](=O)[O-])cc2c1OCOC2. The highest BCUT2D eigenvalue weighted by Crippen LogP contribution is 2.32. The summed E-state index contributed by atoms with van der Waals surface area (Å²) in [5.74, 6) is 2.29. The van der Waals surface area contributed by atoms with Gasteiger partial charge in [-0.05, 0) is 36.4 Å². The predicted octanol–water partition coefficient (Wildman–Crippen LogP) is 3.59. The lowest BCUT2D eigenvalue weighted by Gasteiger charge is -2.21. The van der Waals surface area contributed by atoms with Crippen LogP contribution in [0, 0.1) is 10.1 Å². The summed E-state index contributed by atoms with van der Waals surface area (Å²) in [6, 6.07) is 14.4. The smallest absolute Gasteiger partial charge is 0.270 e. The lowest BCUT2D eigenvalue weighted by molar-refractivity contribution is -0.908. The second-order valence-corrected chi connectivity index (χ2v) is 7.48. The van der Waals surface area contributed by atoms with Gasteiger partial charge in [0, 0.05) is 28.3 Å². The first kappa shape index (κ1) is 19.4. The van der Waals surface area contributed by atoms with E-state index in [1.807, 2.05) is 43.4 Å². The van der Waals surface area contributed by atoms with Crippen molar-refractivity contribution >= 4 is 17.3 Å². The summed E-state index contributed by atoms with van der Waals surface area (Å²) in [6.45, 7) is 1.65. The number of hydrogen-bond acceptors (Lipinski definition) is 5. The Bertz CT molecular complexity index is 1030. The van der Waals surface area contributed by atoms with E-state index >= 15 is 0 Å². The van der Waals surface area contributed by atoms with E-state index in [2.05, 4.69) is 0 Å². The normalized spacial score (nSPS) is 14.1. The fourth-order valence-electron chi connectivity index (χ4n) is 3.44. The summed E-state index contributed by atoms with van der Waals surface area (Å²) in [4.78, 5) is 12.0. The van der Waals surface area contributed by atoms with Crippen LogP contribution in [0.15, 0.2) is 52.9 Å². The van der Waals surface area contributed by atoms with Crippen molar-refractivity contribution in [1.29, 1.82) is 0 Å². The summed E-state index contributed by atoms with van der Waals surface area (Å²) in [5.41, 5.74) is 2.50. The van der Waals surface area contributed by atoms with Crippen LogP contribution in [0.3, 0.4) is 0 Å². The Kier molecular flexibility index (Phi) is 5.53. The van der Waals surface area contributed by atoms with Crippen molar-refractivity contribution in [3.63, 3.8) is 0 Å². The average Bonchev–Trinajstić information content (AvgIpc) is 3.16. The number of halogens is 1. The summed E-state index contributed by atoms with van der Waals surface area (Å²) in [7, 11) is 2.01. The van der Waals surface area contributed by atoms with Gasteiger partial charge in [-0.3, -0.25) is 10.1 Å². The molecule has 0 bridgehead atoms. The molecule has 1 N–H and O–H groups in total. The van der Waals surface area contributed by atoms with Crippen molar-refractivity contribution in [2.24, 2.45) is 0 Å². The minimum atomic E-state index is -0.390. The van der Waals surface area contributed by atoms with Crippen LogP contribution in [0.2, 0.25) is 5.02 Å². The maximum absolute atomic E-state index is 11.3. The molecule has 3 aromatic rings. The van der Waals surface area contributed by atoms with Gasteiger partial charge in [0.2, 0.25) is 0 Å². The summed E-state index contributed by atoms with van der Waals surface area (Å²) in [6.07, 6.45) is 0. The zero-order valence-electron chi connectivity index (χ0n) is 15.8. The maximum Gasteiger partial charge on any atom is 0.270 e. The highest BCUT2D eigenvalue weighted by atomic mass is 35.5. The highest BCUT2D eigenvalue weighted by molar-refractivity contribution is 6.30. The molecule has 0 saturated carbocycles. The molecule has 29 heavy (non-hydrogen) atoms. The molecule has 0 aliphatic carbocycles. The third-order valence-electron chi connectivity index (χ3n) is 4.74. The molecule has 1 atom stereocenters. The van der Waals surface area contributed by atoms with Crippen LogP contribution in [0.4, 0.5) is 5.69 Å². The lowest BCUT2D eigenvalue weighted by Crippen LogP contribution is -3.06. The Hall–Kier alpha value is -2.87. The number of hydrogen-bond donors (Lipinski definition) is 1. The number of rotatable bonds is 6. The summed E-state index contributed by atoms with van der Waals surface area (Å²) >= 11 is 5.94. The number of nitro benzene ring substituents is 1. The molecule has 8 heteroatoms. The van der Waals surface area contributed by atoms with Gasteiger partial charge in [0.05, 0.1) is 24.1 Å². The molecule has 2 heterocycles. The van der Waals surface area contributed by atoms with Crippen molar-refractivity contribution in [2.75, 3.05) is 13.8 Å². The number of furan rings is 1. The molecule has 1 aliphatic rings. The van der Waals surface area contributed by atoms with Crippen LogP contribution in [-0.4, -0.2) is 18.8 Å². The van der Waals surface area contributed by atoms with Gasteiger partial charge in [0.25, 0.3) is 5.69 Å². The van der Waals surface area contributed by atoms with Gasteiger partial charge in [-0.2, -0.15) is 0 Å². The molecular weight excluding hydrogens is 396 g/mol. The van der Waals surface area contributed by atoms with Crippen LogP contribution in [0.5, 0.6) is 5.75 Å². The molecule has 1 unspecified atom stereocenters. The molecule has 0 spiro atoms. The number of nitro groups is 1. The topological polar surface area (TPSA) is 79.2 Å². The van der Waals surface area contributed by atoms with Gasteiger partial charge in [-0.25, -0.2) is 0 Å². The largest absolute Gasteiger partial charge is 0.467 e. The molecular formula is C21H20ClN2O5+. The van der Waals surface area contributed by atoms with Gasteiger partial charge in [-0.15, -0.1) is 0 Å². The number of non-ortho nitro benzene ring substituents is 1. The standard InChI is InChI=1S/C21H19ClN2O5/c1-23(11-19-6-7-20(29-19)14-2-4-17(22)5-3-14)10-15-8-18(24(25)26)9-16-12-27-13-28-21(15)16/h2-9H,10-13H2,1H3/p+1. The number of nitrogens with one attached hydrogen (secondary N) is 1. The fraction of sp³-hybridized carbons (Fsp3) is 0.238. The molecule has 7 nitrogen and oxygen atoms in total. The minimum Gasteiger partial charge on any atom is -0.467 e. The summed E-state index contributed by atoms with van der Waals surface area (Å²) in [5, 5.41) is 11.9. The number of benzene rings is 2. The van der Waals surface area contributed by atoms with Crippen LogP contribution in [0.1, 0.15) is 16.9 Å². The molecule has 1 aromatic heterocycles. The van der Waals surface area contributed by atoms with Gasteiger partial charge in [-0.1, -0.05) is 11.6 Å². The van der Waals surface area contributed by atoms with E-state index < -0.39 is 4.92 Å². The Morgan fingerprint density at radius 3 is 2.69 bits per heavy atom. The molecule has 4 rings (SSSR count). The Morgan fingerprint density at radius 1 is 1.14 bits per heavy atom. The first-order valence-corrected chi connectivity index (χ1v) is 9.54. The van der Waals surface area contributed by atoms with E-state index in [9.17, 15) is 10.1 Å². The lowest BCUT2D eigenvalue weighted by atomic mass is 10.1. The highest BCUT2D eigenvalue weighted by Gasteiger charge is 2.23. The zero-order valence-corrected chi connectivity index (χ0v) is 16.6. The predicted molar refractivity (Wildman–Crippen MR) is 107 cm³/mol. The number of quaternary nitrogens is 1. The van der Waals surface area contributed by atoms with E-state index in [-0.39, 0.29) is 12.5 Å². The second-order valence-electron chi connectivity index (χ2n) is 7.04. The van der Waals surface area contributed by atoms with Crippen LogP contribution in [-0.2, 0) is 24.4 Å². The van der Waals surface area contributed by atoms with E-state index in [4.69, 9.17) is 25.5 Å². The van der Waals surface area contributed by atoms with E-state index in [1.165, 1.54) is 6.07 Å². The number of ether oxygens (including phenoxy) is 2. The second kappa shape index (κ2) is 8.24. The van der Waals surface area contributed by atoms with E-state index in [0.29, 0.717) is 36.0 Å². The maximum atomic E-state index is 11.3. The third kappa shape index (κ3) is 4.42. The average molecular weight is 416 g/mol. The van der Waals surface area contributed by atoms with Crippen molar-refractivity contribution in [3.8, 4) is 17.1 Å². The molecule has 2 aromatic carbocycles. The number of nitrogens with zero attached hydrogens (tertiary/aromatic N) is 1. The first-order chi connectivity index (χ1) is 14.0. The van der Waals surface area contributed by atoms with Crippen LogP contribution in [0.25, 0.3) is 11.3 Å². The quantitative estimate of drug-likeness (QED) is 0.491. The molecule has 0 fully saturated rings. The molecule has 150 valence electrons. The van der Waals surface area contributed by atoms with Gasteiger partial charge < -0.3 is 18.8 Å². The van der Waals surface area contributed by atoms with Gasteiger partial charge >= 0.3 is 0 Å². The minimum absolute atomic E-state index is 0.0451. The Morgan fingerprint density at radius 2 is 1.93 bits per heavy atom. The third-order valence-corrected chi connectivity index (χ3v) is 4.99. The first-order valence-electron chi connectivity index (χ1n) is 9.16. The molecule has 1 aliphatic heterocycles. The van der Waals surface area contributed by atoms with E-state index in [1.54, 1.807) is 6.07 Å². The van der Waals surface area contributed by atoms with Gasteiger partial charge in [0.1, 0.15) is 24.6 Å². The zero-order chi connectivity index (χ0) is 20.4. The van der Waals surface area contributed by atoms with Crippen molar-refractivity contribution in [3.05, 3.63) is 80.6 Å². The molecule has 0 radical (unpaired) electrons. The van der Waals surface area contributed by atoms with Crippen molar-refractivity contribution < 1.29 is 23.7 Å². The molecule has 0 saturated heterocycles. The summed E-state index contributed by atoms with van der Waals surface area (Å²) < 4.78 is 16.9.